The second-order valence-electron chi connectivity index (χ2n) is 3.81. The fourth-order valence-corrected chi connectivity index (χ4v) is 7.02. The average molecular weight is 255 g/mol. The predicted octanol–water partition coefficient (Wildman–Crippen LogP) is 2.22. The highest BCUT2D eigenvalue weighted by molar-refractivity contribution is 8.15. The fourth-order valence-electron chi connectivity index (χ4n) is 1.04. The van der Waals surface area contributed by atoms with Gasteiger partial charge in [0.15, 0.2) is 0 Å². The Hall–Kier alpha value is 0.157. The molecule has 1 aromatic rings. The molecule has 0 aliphatic rings. The summed E-state index contributed by atoms with van der Waals surface area (Å²) in [4.78, 5) is 0. The van der Waals surface area contributed by atoms with Gasteiger partial charge in [0.1, 0.15) is 4.21 Å². The molecule has 0 bridgehead atoms. The zero-order valence-corrected chi connectivity index (χ0v) is 11.1. The SMILES string of the molecule is C[Si](C)(C)c1ccsc1S(=O)(=O)Cl. The van der Waals surface area contributed by atoms with Crippen LogP contribution < -0.4 is 5.19 Å². The van der Waals surface area contributed by atoms with Gasteiger partial charge in [-0.25, -0.2) is 8.42 Å². The topological polar surface area (TPSA) is 34.1 Å². The standard InChI is InChI=1S/C7H11ClO2S2Si/c1-13(2,3)6-4-5-11-7(6)12(8,9)10/h4-5H,1-3H3. The number of halogens is 1. The minimum Gasteiger partial charge on any atom is -0.206 e. The lowest BCUT2D eigenvalue weighted by Gasteiger charge is -2.15. The van der Waals surface area contributed by atoms with Crippen molar-refractivity contribution in [3.8, 4) is 0 Å². The van der Waals surface area contributed by atoms with Crippen LogP contribution in [0.15, 0.2) is 15.7 Å². The Kier molecular flexibility index (Phi) is 2.92. The minimum absolute atomic E-state index is 0.327. The lowest BCUT2D eigenvalue weighted by atomic mass is 10.7. The molecular formula is C7H11ClO2S2Si. The summed E-state index contributed by atoms with van der Waals surface area (Å²) in [7, 11) is 0.180. The molecule has 0 aromatic carbocycles. The highest BCUT2D eigenvalue weighted by Gasteiger charge is 2.26. The maximum absolute atomic E-state index is 11.2. The number of thiophene rings is 1. The van der Waals surface area contributed by atoms with E-state index < -0.39 is 17.1 Å². The van der Waals surface area contributed by atoms with Gasteiger partial charge in [-0.15, -0.1) is 11.3 Å². The van der Waals surface area contributed by atoms with Crippen LogP contribution in [-0.2, 0) is 9.05 Å². The molecule has 1 heterocycles. The summed E-state index contributed by atoms with van der Waals surface area (Å²) >= 11 is 1.20. The molecule has 0 spiro atoms. The Balaban J connectivity index is 3.35. The van der Waals surface area contributed by atoms with Gasteiger partial charge in [-0.05, 0) is 10.6 Å². The van der Waals surface area contributed by atoms with E-state index in [9.17, 15) is 8.42 Å². The van der Waals surface area contributed by atoms with Gasteiger partial charge in [-0.3, -0.25) is 0 Å². The van der Waals surface area contributed by atoms with Gasteiger partial charge >= 0.3 is 0 Å². The van der Waals surface area contributed by atoms with Gasteiger partial charge in [-0.1, -0.05) is 25.7 Å². The summed E-state index contributed by atoms with van der Waals surface area (Å²) in [6, 6.07) is 1.87. The molecule has 0 aliphatic heterocycles. The highest BCUT2D eigenvalue weighted by Crippen LogP contribution is 2.21. The average Bonchev–Trinajstić information content (AvgIpc) is 2.27. The van der Waals surface area contributed by atoms with Crippen molar-refractivity contribution in [2.45, 2.75) is 23.9 Å². The molecule has 0 fully saturated rings. The summed E-state index contributed by atoms with van der Waals surface area (Å²) < 4.78 is 22.6. The van der Waals surface area contributed by atoms with Crippen LogP contribution >= 0.6 is 22.0 Å². The van der Waals surface area contributed by atoms with Crippen LogP contribution in [0.1, 0.15) is 0 Å². The Labute approximate surface area is 88.0 Å². The lowest BCUT2D eigenvalue weighted by Crippen LogP contribution is -2.38. The summed E-state index contributed by atoms with van der Waals surface area (Å²) in [5.41, 5.74) is 0. The van der Waals surface area contributed by atoms with Crippen LogP contribution in [0.4, 0.5) is 0 Å². The van der Waals surface area contributed by atoms with Crippen molar-refractivity contribution in [1.29, 1.82) is 0 Å². The molecule has 1 rings (SSSR count). The van der Waals surface area contributed by atoms with Crippen molar-refractivity contribution in [1.82, 2.24) is 0 Å². The molecular weight excluding hydrogens is 244 g/mol. The van der Waals surface area contributed by atoms with E-state index in [2.05, 4.69) is 19.6 Å². The molecule has 0 saturated carbocycles. The number of hydrogen-bond donors (Lipinski definition) is 0. The second kappa shape index (κ2) is 3.38. The third-order valence-corrected chi connectivity index (χ3v) is 7.11. The molecule has 0 saturated heterocycles. The smallest absolute Gasteiger partial charge is 0.206 e. The summed E-state index contributed by atoms with van der Waals surface area (Å²) in [6.07, 6.45) is 0. The van der Waals surface area contributed by atoms with E-state index >= 15 is 0 Å². The molecule has 74 valence electrons. The lowest BCUT2D eigenvalue weighted by molar-refractivity contribution is 0.612. The van der Waals surface area contributed by atoms with Crippen LogP contribution in [0.3, 0.4) is 0 Å². The van der Waals surface area contributed by atoms with Crippen molar-refractivity contribution >= 4 is 44.3 Å². The van der Waals surface area contributed by atoms with Gasteiger partial charge < -0.3 is 0 Å². The van der Waals surface area contributed by atoms with E-state index in [4.69, 9.17) is 10.7 Å². The first kappa shape index (κ1) is 11.2. The monoisotopic (exact) mass is 254 g/mol. The normalized spacial score (nSPS) is 13.2. The molecule has 0 unspecified atom stereocenters. The molecule has 0 aliphatic carbocycles. The Morgan fingerprint density at radius 1 is 1.38 bits per heavy atom. The third-order valence-electron chi connectivity index (χ3n) is 1.66. The maximum atomic E-state index is 11.2. The first-order chi connectivity index (χ1) is 5.73. The zero-order chi connectivity index (χ0) is 10.3. The van der Waals surface area contributed by atoms with Gasteiger partial charge in [0.25, 0.3) is 9.05 Å². The van der Waals surface area contributed by atoms with Crippen molar-refractivity contribution in [2.75, 3.05) is 0 Å². The molecule has 0 amide bonds. The van der Waals surface area contributed by atoms with Crippen LogP contribution in [0.5, 0.6) is 0 Å². The van der Waals surface area contributed by atoms with Crippen molar-refractivity contribution < 1.29 is 8.42 Å². The molecule has 13 heavy (non-hydrogen) atoms. The predicted molar refractivity (Wildman–Crippen MR) is 60.3 cm³/mol. The Bertz CT molecular complexity index is 402. The first-order valence-electron chi connectivity index (χ1n) is 3.75. The number of hydrogen-bond acceptors (Lipinski definition) is 3. The van der Waals surface area contributed by atoms with Gasteiger partial charge in [0.2, 0.25) is 0 Å². The molecule has 1 aromatic heterocycles. The summed E-state index contributed by atoms with van der Waals surface area (Å²) in [5.74, 6) is 0. The summed E-state index contributed by atoms with van der Waals surface area (Å²) in [5, 5.41) is 2.70. The molecule has 6 heteroatoms. The fraction of sp³-hybridized carbons (Fsp3) is 0.429. The van der Waals surface area contributed by atoms with E-state index in [0.717, 1.165) is 5.19 Å². The van der Waals surface area contributed by atoms with E-state index in [-0.39, 0.29) is 0 Å². The maximum Gasteiger partial charge on any atom is 0.270 e. The van der Waals surface area contributed by atoms with Gasteiger partial charge in [0.05, 0.1) is 8.07 Å². The molecule has 0 N–H and O–H groups in total. The van der Waals surface area contributed by atoms with Crippen molar-refractivity contribution in [3.05, 3.63) is 11.4 Å². The van der Waals surface area contributed by atoms with Crippen molar-refractivity contribution in [2.24, 2.45) is 0 Å². The Morgan fingerprint density at radius 2 is 1.92 bits per heavy atom. The quantitative estimate of drug-likeness (QED) is 0.599. The van der Waals surface area contributed by atoms with E-state index in [0.29, 0.717) is 4.21 Å². The molecule has 0 radical (unpaired) electrons. The van der Waals surface area contributed by atoms with Gasteiger partial charge in [-0.2, -0.15) is 0 Å². The van der Waals surface area contributed by atoms with Crippen LogP contribution in [0.25, 0.3) is 0 Å². The number of rotatable bonds is 2. The Morgan fingerprint density at radius 3 is 2.23 bits per heavy atom. The van der Waals surface area contributed by atoms with Gasteiger partial charge in [0, 0.05) is 10.7 Å². The van der Waals surface area contributed by atoms with Crippen LogP contribution in [0.2, 0.25) is 19.6 Å². The first-order valence-corrected chi connectivity index (χ1v) is 10.4. The highest BCUT2D eigenvalue weighted by atomic mass is 35.7. The van der Waals surface area contributed by atoms with Crippen molar-refractivity contribution in [3.63, 3.8) is 0 Å². The zero-order valence-electron chi connectivity index (χ0n) is 7.67. The second-order valence-corrected chi connectivity index (χ2v) is 12.5. The van der Waals surface area contributed by atoms with Crippen LogP contribution in [0, 0.1) is 0 Å². The third kappa shape index (κ3) is 2.55. The van der Waals surface area contributed by atoms with E-state index in [1.54, 1.807) is 5.38 Å². The molecule has 0 atom stereocenters. The largest absolute Gasteiger partial charge is 0.270 e. The molecule has 2 nitrogen and oxygen atoms in total. The van der Waals surface area contributed by atoms with E-state index in [1.807, 2.05) is 6.07 Å². The summed E-state index contributed by atoms with van der Waals surface area (Å²) in [6.45, 7) is 6.29. The minimum atomic E-state index is -3.55. The van der Waals surface area contributed by atoms with Crippen LogP contribution in [-0.4, -0.2) is 16.5 Å². The van der Waals surface area contributed by atoms with E-state index in [1.165, 1.54) is 11.3 Å².